The van der Waals surface area contributed by atoms with Gasteiger partial charge in [0.05, 0.1) is 0 Å². The molecule has 1 rings (SSSR count). The molecule has 2 heteroatoms. The highest BCUT2D eigenvalue weighted by Gasteiger charge is 2.29. The van der Waals surface area contributed by atoms with Crippen LogP contribution >= 0.6 is 0 Å². The Labute approximate surface area is 89.1 Å². The van der Waals surface area contributed by atoms with Crippen molar-refractivity contribution in [3.63, 3.8) is 0 Å². The molecule has 1 fully saturated rings. The fourth-order valence-electron chi connectivity index (χ4n) is 2.53. The largest absolute Gasteiger partial charge is 0.316 e. The third-order valence-electron chi connectivity index (χ3n) is 3.55. The Balaban J connectivity index is 2.49. The van der Waals surface area contributed by atoms with Crippen LogP contribution in [0.25, 0.3) is 0 Å². The second-order valence-electron chi connectivity index (χ2n) is 5.14. The lowest BCUT2D eigenvalue weighted by molar-refractivity contribution is 0.0722. The summed E-state index contributed by atoms with van der Waals surface area (Å²) in [6, 6.07) is 0.708. The molecule has 0 bridgehead atoms. The van der Waals surface area contributed by atoms with Gasteiger partial charge in [-0.25, -0.2) is 0 Å². The first-order chi connectivity index (χ1) is 6.60. The molecule has 1 unspecified atom stereocenters. The van der Waals surface area contributed by atoms with E-state index in [2.05, 4.69) is 38.0 Å². The number of nitrogens with one attached hydrogen (secondary N) is 1. The average molecular weight is 198 g/mol. The summed E-state index contributed by atoms with van der Waals surface area (Å²) in [6.07, 6.45) is 5.28. The van der Waals surface area contributed by atoms with E-state index in [0.29, 0.717) is 11.6 Å². The number of piperidine rings is 1. The first kappa shape index (κ1) is 12.0. The zero-order valence-corrected chi connectivity index (χ0v) is 10.3. The molecule has 0 spiro atoms. The molecule has 84 valence electrons. The third-order valence-corrected chi connectivity index (χ3v) is 3.55. The second kappa shape index (κ2) is 5.13. The van der Waals surface area contributed by atoms with Crippen LogP contribution in [0.3, 0.4) is 0 Å². The van der Waals surface area contributed by atoms with Gasteiger partial charge in [0.1, 0.15) is 0 Å². The molecule has 1 heterocycles. The Hall–Kier alpha value is -0.0800. The highest BCUT2D eigenvalue weighted by molar-refractivity contribution is 4.87. The lowest BCUT2D eigenvalue weighted by Crippen LogP contribution is -2.53. The number of likely N-dealkylation sites (N-methyl/N-ethyl adjacent to an activating group) is 1. The minimum Gasteiger partial charge on any atom is -0.316 e. The van der Waals surface area contributed by atoms with Crippen LogP contribution in [0.1, 0.15) is 46.5 Å². The lowest BCUT2D eigenvalue weighted by atomic mass is 9.92. The molecule has 1 aliphatic heterocycles. The van der Waals surface area contributed by atoms with Gasteiger partial charge >= 0.3 is 0 Å². The first-order valence-electron chi connectivity index (χ1n) is 6.02. The smallest absolute Gasteiger partial charge is 0.0192 e. The minimum atomic E-state index is 0.393. The van der Waals surface area contributed by atoms with Gasteiger partial charge in [0.25, 0.3) is 0 Å². The fourth-order valence-corrected chi connectivity index (χ4v) is 2.53. The van der Waals surface area contributed by atoms with Gasteiger partial charge in [-0.15, -0.1) is 0 Å². The molecule has 1 saturated heterocycles. The Kier molecular flexibility index (Phi) is 4.39. The summed E-state index contributed by atoms with van der Waals surface area (Å²) < 4.78 is 0. The maximum absolute atomic E-state index is 3.41. The Morgan fingerprint density at radius 1 is 1.43 bits per heavy atom. The van der Waals surface area contributed by atoms with E-state index < -0.39 is 0 Å². The van der Waals surface area contributed by atoms with Gasteiger partial charge in [-0.05, 0) is 46.7 Å². The molecule has 0 saturated carbocycles. The topological polar surface area (TPSA) is 15.3 Å². The van der Waals surface area contributed by atoms with E-state index in [1.54, 1.807) is 0 Å². The second-order valence-corrected chi connectivity index (χ2v) is 5.14. The zero-order chi connectivity index (χ0) is 10.6. The van der Waals surface area contributed by atoms with Crippen LogP contribution in [0.5, 0.6) is 0 Å². The molecule has 0 amide bonds. The van der Waals surface area contributed by atoms with E-state index in [0.717, 1.165) is 0 Å². The molecule has 0 aromatic rings. The molecule has 1 aliphatic rings. The normalized spacial score (nSPS) is 25.3. The summed E-state index contributed by atoms with van der Waals surface area (Å²) in [5.74, 6) is 0. The summed E-state index contributed by atoms with van der Waals surface area (Å²) in [6.45, 7) is 9.55. The Morgan fingerprint density at radius 2 is 2.14 bits per heavy atom. The molecule has 0 radical (unpaired) electrons. The summed E-state index contributed by atoms with van der Waals surface area (Å²) in [5, 5.41) is 3.41. The zero-order valence-electron chi connectivity index (χ0n) is 10.3. The number of nitrogens with zero attached hydrogens (tertiary/aromatic N) is 1. The molecule has 1 N–H and O–H groups in total. The van der Waals surface area contributed by atoms with E-state index in [1.807, 2.05) is 0 Å². The average Bonchev–Trinajstić information content (AvgIpc) is 2.18. The highest BCUT2D eigenvalue weighted by Crippen LogP contribution is 2.24. The van der Waals surface area contributed by atoms with Gasteiger partial charge in [0.15, 0.2) is 0 Å². The van der Waals surface area contributed by atoms with Crippen LogP contribution in [0.15, 0.2) is 0 Å². The number of hydrogen-bond donors (Lipinski definition) is 1. The van der Waals surface area contributed by atoms with Gasteiger partial charge in [-0.3, -0.25) is 4.90 Å². The Bertz CT molecular complexity index is 166. The predicted molar refractivity (Wildman–Crippen MR) is 62.6 cm³/mol. The highest BCUT2D eigenvalue weighted by atomic mass is 15.2. The maximum atomic E-state index is 3.41. The lowest BCUT2D eigenvalue weighted by Gasteiger charge is -2.43. The van der Waals surface area contributed by atoms with Crippen molar-refractivity contribution in [3.8, 4) is 0 Å². The molecule has 2 nitrogen and oxygen atoms in total. The molecule has 0 aromatic heterocycles. The predicted octanol–water partition coefficient (Wildman–Crippen LogP) is 2.25. The number of rotatable bonds is 4. The molecule has 14 heavy (non-hydrogen) atoms. The summed E-state index contributed by atoms with van der Waals surface area (Å²) >= 11 is 0. The SMILES string of the molecule is CCCC(C)(C)N1CCCC(NC)C1. The van der Waals surface area contributed by atoms with Crippen LogP contribution in [0.2, 0.25) is 0 Å². The van der Waals surface area contributed by atoms with E-state index in [9.17, 15) is 0 Å². The maximum Gasteiger partial charge on any atom is 0.0192 e. The van der Waals surface area contributed by atoms with Crippen LogP contribution in [0, 0.1) is 0 Å². The minimum absolute atomic E-state index is 0.393. The van der Waals surface area contributed by atoms with Crippen molar-refractivity contribution >= 4 is 0 Å². The van der Waals surface area contributed by atoms with Crippen molar-refractivity contribution in [2.75, 3.05) is 20.1 Å². The van der Waals surface area contributed by atoms with Crippen molar-refractivity contribution < 1.29 is 0 Å². The van der Waals surface area contributed by atoms with Crippen molar-refractivity contribution in [2.45, 2.75) is 58.0 Å². The van der Waals surface area contributed by atoms with Gasteiger partial charge in [-0.1, -0.05) is 13.3 Å². The van der Waals surface area contributed by atoms with E-state index >= 15 is 0 Å². The first-order valence-corrected chi connectivity index (χ1v) is 6.02. The van der Waals surface area contributed by atoms with E-state index in [4.69, 9.17) is 0 Å². The van der Waals surface area contributed by atoms with Crippen molar-refractivity contribution in [1.82, 2.24) is 10.2 Å². The van der Waals surface area contributed by atoms with Crippen LogP contribution in [-0.2, 0) is 0 Å². The standard InChI is InChI=1S/C12H26N2/c1-5-8-12(2,3)14-9-6-7-11(10-14)13-4/h11,13H,5-10H2,1-4H3. The van der Waals surface area contributed by atoms with Crippen molar-refractivity contribution in [1.29, 1.82) is 0 Å². The number of likely N-dealkylation sites (tertiary alicyclic amines) is 1. The molecule has 1 atom stereocenters. The van der Waals surface area contributed by atoms with E-state index in [1.165, 1.54) is 38.8 Å². The molecule has 0 aliphatic carbocycles. The van der Waals surface area contributed by atoms with Crippen LogP contribution < -0.4 is 5.32 Å². The summed E-state index contributed by atoms with van der Waals surface area (Å²) in [7, 11) is 2.08. The molecular formula is C12H26N2. The van der Waals surface area contributed by atoms with E-state index in [-0.39, 0.29) is 0 Å². The summed E-state index contributed by atoms with van der Waals surface area (Å²) in [5.41, 5.74) is 0.393. The summed E-state index contributed by atoms with van der Waals surface area (Å²) in [4.78, 5) is 2.65. The molecular weight excluding hydrogens is 172 g/mol. The van der Waals surface area contributed by atoms with Gasteiger partial charge in [-0.2, -0.15) is 0 Å². The van der Waals surface area contributed by atoms with Gasteiger partial charge in [0, 0.05) is 18.1 Å². The van der Waals surface area contributed by atoms with Crippen LogP contribution in [0.4, 0.5) is 0 Å². The van der Waals surface area contributed by atoms with Crippen molar-refractivity contribution in [3.05, 3.63) is 0 Å². The fraction of sp³-hybridized carbons (Fsp3) is 1.00. The Morgan fingerprint density at radius 3 is 2.71 bits per heavy atom. The monoisotopic (exact) mass is 198 g/mol. The number of hydrogen-bond acceptors (Lipinski definition) is 2. The molecule has 0 aromatic carbocycles. The van der Waals surface area contributed by atoms with Crippen LogP contribution in [-0.4, -0.2) is 36.6 Å². The quantitative estimate of drug-likeness (QED) is 0.745. The third kappa shape index (κ3) is 2.96. The van der Waals surface area contributed by atoms with Gasteiger partial charge < -0.3 is 5.32 Å². The van der Waals surface area contributed by atoms with Gasteiger partial charge in [0.2, 0.25) is 0 Å². The van der Waals surface area contributed by atoms with Crippen molar-refractivity contribution in [2.24, 2.45) is 0 Å².